The topological polar surface area (TPSA) is 83.1 Å². The number of rotatable bonds is 5. The molecule has 1 aromatic heterocycles. The Bertz CT molecular complexity index is 484. The number of halogens is 1. The molecule has 0 bridgehead atoms. The molecule has 2 heterocycles. The summed E-state index contributed by atoms with van der Waals surface area (Å²) in [5.74, 6) is -0.0120. The van der Waals surface area contributed by atoms with Gasteiger partial charge in [0.25, 0.3) is 5.91 Å². The van der Waals surface area contributed by atoms with E-state index < -0.39 is 0 Å². The molecule has 22 heavy (non-hydrogen) atoms. The largest absolute Gasteiger partial charge is 0.354 e. The number of aromatic nitrogens is 1. The number of hydrogen-bond acceptors (Lipinski definition) is 4. The Kier molecular flexibility index (Phi) is 7.84. The third kappa shape index (κ3) is 5.61. The van der Waals surface area contributed by atoms with Crippen molar-refractivity contribution in [3.8, 4) is 0 Å². The minimum atomic E-state index is -0.173. The first-order chi connectivity index (χ1) is 10.2. The number of nitrogens with one attached hydrogen (secondary N) is 3. The van der Waals surface area contributed by atoms with Crippen LogP contribution in [0.4, 0.5) is 0 Å². The quantitative estimate of drug-likeness (QED) is 0.697. The van der Waals surface area contributed by atoms with Crippen LogP contribution in [-0.4, -0.2) is 42.5 Å². The number of amides is 2. The van der Waals surface area contributed by atoms with Crippen LogP contribution < -0.4 is 16.0 Å². The lowest BCUT2D eigenvalue weighted by atomic mass is 9.92. The molecule has 6 nitrogen and oxygen atoms in total. The molecule has 1 aliphatic heterocycles. The van der Waals surface area contributed by atoms with Gasteiger partial charge in [0.2, 0.25) is 5.91 Å². The van der Waals surface area contributed by atoms with Gasteiger partial charge in [0.1, 0.15) is 0 Å². The fourth-order valence-corrected chi connectivity index (χ4v) is 2.48. The first-order valence-electron chi connectivity index (χ1n) is 7.36. The van der Waals surface area contributed by atoms with Crippen molar-refractivity contribution < 1.29 is 9.59 Å². The van der Waals surface area contributed by atoms with Gasteiger partial charge in [-0.3, -0.25) is 14.6 Å². The average molecular weight is 327 g/mol. The molecule has 1 aromatic rings. The Labute approximate surface area is 136 Å². The van der Waals surface area contributed by atoms with Crippen LogP contribution in [-0.2, 0) is 4.79 Å². The van der Waals surface area contributed by atoms with Crippen molar-refractivity contribution in [2.75, 3.05) is 19.6 Å². The van der Waals surface area contributed by atoms with Gasteiger partial charge in [-0.1, -0.05) is 0 Å². The molecular formula is C15H23ClN4O2. The predicted octanol–water partition coefficient (Wildman–Crippen LogP) is 0.737. The predicted molar refractivity (Wildman–Crippen MR) is 87.0 cm³/mol. The molecule has 7 heteroatoms. The Morgan fingerprint density at radius 1 is 1.36 bits per heavy atom. The molecule has 0 spiro atoms. The molecule has 1 aliphatic rings. The van der Waals surface area contributed by atoms with Crippen molar-refractivity contribution >= 4 is 24.2 Å². The number of pyridine rings is 1. The maximum atomic E-state index is 12.0. The molecule has 1 fully saturated rings. The van der Waals surface area contributed by atoms with Gasteiger partial charge in [-0.2, -0.15) is 0 Å². The second-order valence-corrected chi connectivity index (χ2v) is 5.37. The Balaban J connectivity index is 0.00000242. The van der Waals surface area contributed by atoms with Crippen LogP contribution in [0, 0.1) is 5.92 Å². The molecule has 2 rings (SSSR count). The van der Waals surface area contributed by atoms with Gasteiger partial charge in [0, 0.05) is 37.4 Å². The summed E-state index contributed by atoms with van der Waals surface area (Å²) in [5.41, 5.74) is 0.524. The highest BCUT2D eigenvalue weighted by Crippen LogP contribution is 2.15. The Morgan fingerprint density at radius 3 is 2.82 bits per heavy atom. The van der Waals surface area contributed by atoms with Crippen molar-refractivity contribution in [1.29, 1.82) is 0 Å². The highest BCUT2D eigenvalue weighted by Gasteiger charge is 2.24. The number of piperidine rings is 1. The van der Waals surface area contributed by atoms with Crippen LogP contribution in [0.2, 0.25) is 0 Å². The fraction of sp³-hybridized carbons (Fsp3) is 0.533. The van der Waals surface area contributed by atoms with Crippen molar-refractivity contribution in [2.24, 2.45) is 5.92 Å². The van der Waals surface area contributed by atoms with Crippen LogP contribution in [0.25, 0.3) is 0 Å². The summed E-state index contributed by atoms with van der Waals surface area (Å²) in [5, 5.41) is 8.97. The van der Waals surface area contributed by atoms with Gasteiger partial charge in [0.05, 0.1) is 5.56 Å². The molecule has 1 saturated heterocycles. The highest BCUT2D eigenvalue weighted by atomic mass is 35.5. The number of carbonyl (C=O) groups is 2. The van der Waals surface area contributed by atoms with Crippen LogP contribution in [0.15, 0.2) is 24.5 Å². The molecular weight excluding hydrogens is 304 g/mol. The zero-order valence-corrected chi connectivity index (χ0v) is 13.5. The molecule has 0 aromatic carbocycles. The van der Waals surface area contributed by atoms with E-state index in [2.05, 4.69) is 27.9 Å². The van der Waals surface area contributed by atoms with Gasteiger partial charge in [-0.15, -0.1) is 12.4 Å². The monoisotopic (exact) mass is 326 g/mol. The molecule has 3 N–H and O–H groups in total. The van der Waals surface area contributed by atoms with Crippen LogP contribution >= 0.6 is 12.4 Å². The van der Waals surface area contributed by atoms with Crippen molar-refractivity contribution in [2.45, 2.75) is 25.8 Å². The third-order valence-corrected chi connectivity index (χ3v) is 3.63. The lowest BCUT2D eigenvalue weighted by molar-refractivity contribution is -0.126. The number of nitrogens with zero attached hydrogens (tertiary/aromatic N) is 1. The second-order valence-electron chi connectivity index (χ2n) is 5.37. The highest BCUT2D eigenvalue weighted by molar-refractivity contribution is 5.93. The van der Waals surface area contributed by atoms with Gasteiger partial charge < -0.3 is 16.0 Å². The van der Waals surface area contributed by atoms with E-state index in [1.54, 1.807) is 18.3 Å². The summed E-state index contributed by atoms with van der Waals surface area (Å²) in [4.78, 5) is 27.7. The number of carbonyl (C=O) groups excluding carboxylic acids is 2. The third-order valence-electron chi connectivity index (χ3n) is 3.63. The maximum Gasteiger partial charge on any atom is 0.252 e. The van der Waals surface area contributed by atoms with Crippen LogP contribution in [0.1, 0.15) is 30.1 Å². The molecule has 2 amide bonds. The lowest BCUT2D eigenvalue weighted by Crippen LogP contribution is -2.44. The van der Waals surface area contributed by atoms with E-state index in [-0.39, 0.29) is 30.1 Å². The molecule has 0 saturated carbocycles. The second kappa shape index (κ2) is 9.38. The fourth-order valence-electron chi connectivity index (χ4n) is 2.48. The standard InChI is InChI=1S/C15H22N4O2.ClH/c1-11-9-12(4-6-17-11)14(20)18-7-8-19-15(21)13-3-2-5-16-10-13;/h2-3,5,10-12,17H,4,6-9H2,1H3,(H,18,20)(H,19,21);1H/t11-,12-;/m0./s1. The van der Waals surface area contributed by atoms with Crippen molar-refractivity contribution in [1.82, 2.24) is 20.9 Å². The zero-order chi connectivity index (χ0) is 15.1. The van der Waals surface area contributed by atoms with Gasteiger partial charge in [-0.25, -0.2) is 0 Å². The summed E-state index contributed by atoms with van der Waals surface area (Å²) in [6.45, 7) is 3.84. The SMILES string of the molecule is C[C@H]1C[C@@H](C(=O)NCCNC(=O)c2cccnc2)CCN1.Cl. The number of hydrogen-bond donors (Lipinski definition) is 3. The summed E-state index contributed by atoms with van der Waals surface area (Å²) >= 11 is 0. The smallest absolute Gasteiger partial charge is 0.252 e. The van der Waals surface area contributed by atoms with Crippen molar-refractivity contribution in [3.05, 3.63) is 30.1 Å². The minimum Gasteiger partial charge on any atom is -0.354 e. The first-order valence-corrected chi connectivity index (χ1v) is 7.36. The molecule has 0 radical (unpaired) electrons. The van der Waals surface area contributed by atoms with Gasteiger partial charge in [0.15, 0.2) is 0 Å². The summed E-state index contributed by atoms with van der Waals surface area (Å²) in [6.07, 6.45) is 4.88. The minimum absolute atomic E-state index is 0. The van der Waals surface area contributed by atoms with E-state index in [4.69, 9.17) is 0 Å². The van der Waals surface area contributed by atoms with Gasteiger partial charge in [-0.05, 0) is 38.4 Å². The average Bonchev–Trinajstić information content (AvgIpc) is 2.52. The van der Waals surface area contributed by atoms with Crippen molar-refractivity contribution in [3.63, 3.8) is 0 Å². The zero-order valence-electron chi connectivity index (χ0n) is 12.7. The van der Waals surface area contributed by atoms with Crippen LogP contribution in [0.5, 0.6) is 0 Å². The van der Waals surface area contributed by atoms with E-state index >= 15 is 0 Å². The van der Waals surface area contributed by atoms with Gasteiger partial charge >= 0.3 is 0 Å². The molecule has 2 atom stereocenters. The van der Waals surface area contributed by atoms with E-state index in [1.807, 2.05) is 0 Å². The van der Waals surface area contributed by atoms with E-state index in [1.165, 1.54) is 6.20 Å². The Hall–Kier alpha value is -1.66. The maximum absolute atomic E-state index is 12.0. The van der Waals surface area contributed by atoms with E-state index in [9.17, 15) is 9.59 Å². The van der Waals surface area contributed by atoms with Crippen LogP contribution in [0.3, 0.4) is 0 Å². The van der Waals surface area contributed by atoms with E-state index in [0.717, 1.165) is 19.4 Å². The first kappa shape index (κ1) is 18.4. The van der Waals surface area contributed by atoms with E-state index in [0.29, 0.717) is 24.7 Å². The molecule has 122 valence electrons. The normalized spacial score (nSPS) is 20.6. The summed E-state index contributed by atoms with van der Waals surface area (Å²) in [7, 11) is 0. The lowest BCUT2D eigenvalue weighted by Gasteiger charge is -2.27. The summed E-state index contributed by atoms with van der Waals surface area (Å²) < 4.78 is 0. The molecule has 0 aliphatic carbocycles. The summed E-state index contributed by atoms with van der Waals surface area (Å²) in [6, 6.07) is 3.81. The Morgan fingerprint density at radius 2 is 2.14 bits per heavy atom. The molecule has 0 unspecified atom stereocenters.